The molecule has 2 unspecified atom stereocenters. The Bertz CT molecular complexity index is 179. The Labute approximate surface area is 67.9 Å². The van der Waals surface area contributed by atoms with Gasteiger partial charge in [-0.25, -0.2) is 4.21 Å². The van der Waals surface area contributed by atoms with Gasteiger partial charge in [-0.3, -0.25) is 4.79 Å². The SMILES string of the molecule is CCC(C)(CS(=O)O)C(=O)O. The molecule has 0 aromatic rings. The number of hydrogen-bond acceptors (Lipinski definition) is 2. The number of carbonyl (C=O) groups is 1. The summed E-state index contributed by atoms with van der Waals surface area (Å²) in [5.41, 5.74) is -1.07. The molecule has 11 heavy (non-hydrogen) atoms. The summed E-state index contributed by atoms with van der Waals surface area (Å²) in [6.45, 7) is 3.14. The molecule has 0 aromatic carbocycles. The molecule has 0 aliphatic heterocycles. The van der Waals surface area contributed by atoms with Crippen molar-refractivity contribution in [3.8, 4) is 0 Å². The van der Waals surface area contributed by atoms with Gasteiger partial charge in [-0.1, -0.05) is 6.92 Å². The Morgan fingerprint density at radius 2 is 2.09 bits per heavy atom. The van der Waals surface area contributed by atoms with Crippen molar-refractivity contribution in [2.24, 2.45) is 5.41 Å². The molecular weight excluding hydrogens is 168 g/mol. The lowest BCUT2D eigenvalue weighted by Crippen LogP contribution is -2.32. The third-order valence-electron chi connectivity index (χ3n) is 1.74. The number of rotatable bonds is 4. The first kappa shape index (κ1) is 10.6. The van der Waals surface area contributed by atoms with Crippen LogP contribution in [0.2, 0.25) is 0 Å². The Balaban J connectivity index is 4.34. The van der Waals surface area contributed by atoms with E-state index in [-0.39, 0.29) is 5.75 Å². The average Bonchev–Trinajstić information content (AvgIpc) is 1.86. The van der Waals surface area contributed by atoms with Crippen LogP contribution in [0.3, 0.4) is 0 Å². The summed E-state index contributed by atoms with van der Waals surface area (Å²) >= 11 is -2.04. The summed E-state index contributed by atoms with van der Waals surface area (Å²) < 4.78 is 18.8. The van der Waals surface area contributed by atoms with E-state index < -0.39 is 22.5 Å². The van der Waals surface area contributed by atoms with E-state index in [4.69, 9.17) is 9.66 Å². The van der Waals surface area contributed by atoms with Crippen LogP contribution >= 0.6 is 0 Å². The summed E-state index contributed by atoms with van der Waals surface area (Å²) in [6.07, 6.45) is 0.356. The maximum Gasteiger partial charge on any atom is 0.310 e. The third-order valence-corrected chi connectivity index (χ3v) is 2.62. The summed E-state index contributed by atoms with van der Waals surface area (Å²) in [5.74, 6) is -1.24. The highest BCUT2D eigenvalue weighted by Crippen LogP contribution is 2.21. The fourth-order valence-corrected chi connectivity index (χ4v) is 1.46. The van der Waals surface area contributed by atoms with Gasteiger partial charge in [-0.05, 0) is 13.3 Å². The summed E-state index contributed by atoms with van der Waals surface area (Å²) in [7, 11) is 0. The van der Waals surface area contributed by atoms with Crippen LogP contribution in [0.1, 0.15) is 20.3 Å². The topological polar surface area (TPSA) is 74.6 Å². The van der Waals surface area contributed by atoms with E-state index in [0.29, 0.717) is 6.42 Å². The van der Waals surface area contributed by atoms with E-state index in [1.807, 2.05) is 0 Å². The van der Waals surface area contributed by atoms with Gasteiger partial charge in [0.1, 0.15) is 0 Å². The maximum atomic E-state index is 10.5. The van der Waals surface area contributed by atoms with E-state index in [2.05, 4.69) is 0 Å². The standard InChI is InChI=1S/C6H12O4S/c1-3-6(2,5(7)8)4-11(9)10/h3-4H2,1-2H3,(H,7,8)(H,9,10). The van der Waals surface area contributed by atoms with Gasteiger partial charge in [0.25, 0.3) is 0 Å². The van der Waals surface area contributed by atoms with Crippen molar-refractivity contribution in [1.82, 2.24) is 0 Å². The zero-order valence-electron chi connectivity index (χ0n) is 6.53. The normalized spacial score (nSPS) is 18.8. The lowest BCUT2D eigenvalue weighted by Gasteiger charge is -2.19. The Kier molecular flexibility index (Phi) is 3.68. The molecule has 4 nitrogen and oxygen atoms in total. The monoisotopic (exact) mass is 180 g/mol. The van der Waals surface area contributed by atoms with Crippen molar-refractivity contribution < 1.29 is 18.7 Å². The lowest BCUT2D eigenvalue weighted by molar-refractivity contribution is -0.146. The minimum absolute atomic E-state index is 0.209. The van der Waals surface area contributed by atoms with Crippen molar-refractivity contribution >= 4 is 17.0 Å². The predicted octanol–water partition coefficient (Wildman–Crippen LogP) is 0.709. The maximum absolute atomic E-state index is 10.5. The molecule has 66 valence electrons. The predicted molar refractivity (Wildman–Crippen MR) is 41.7 cm³/mol. The molecule has 0 heterocycles. The van der Waals surface area contributed by atoms with Crippen molar-refractivity contribution in [2.45, 2.75) is 20.3 Å². The van der Waals surface area contributed by atoms with Gasteiger partial charge in [-0.2, -0.15) is 0 Å². The second-order valence-corrected chi connectivity index (χ2v) is 3.62. The van der Waals surface area contributed by atoms with Gasteiger partial charge < -0.3 is 9.66 Å². The van der Waals surface area contributed by atoms with Crippen LogP contribution in [-0.4, -0.2) is 25.6 Å². The minimum Gasteiger partial charge on any atom is -0.481 e. The van der Waals surface area contributed by atoms with Crippen molar-refractivity contribution in [1.29, 1.82) is 0 Å². The third kappa shape index (κ3) is 2.98. The summed E-state index contributed by atoms with van der Waals surface area (Å²) in [4.78, 5) is 10.5. The highest BCUT2D eigenvalue weighted by Gasteiger charge is 2.32. The molecule has 0 rings (SSSR count). The Morgan fingerprint density at radius 1 is 1.64 bits per heavy atom. The molecule has 2 atom stereocenters. The molecule has 0 saturated carbocycles. The van der Waals surface area contributed by atoms with Gasteiger partial charge in [-0.15, -0.1) is 0 Å². The summed E-state index contributed by atoms with van der Waals surface area (Å²) in [6, 6.07) is 0. The molecule has 0 radical (unpaired) electrons. The number of carboxylic acid groups (broad SMARTS) is 1. The minimum atomic E-state index is -2.04. The number of hydrogen-bond donors (Lipinski definition) is 2. The summed E-state index contributed by atoms with van der Waals surface area (Å²) in [5, 5.41) is 8.64. The Morgan fingerprint density at radius 3 is 2.18 bits per heavy atom. The molecule has 0 bridgehead atoms. The highest BCUT2D eigenvalue weighted by atomic mass is 32.2. The van der Waals surface area contributed by atoms with Crippen LogP contribution in [0.4, 0.5) is 0 Å². The molecule has 0 amide bonds. The van der Waals surface area contributed by atoms with Crippen LogP contribution in [0, 0.1) is 5.41 Å². The molecule has 0 aliphatic carbocycles. The van der Waals surface area contributed by atoms with Gasteiger partial charge in [0.2, 0.25) is 0 Å². The van der Waals surface area contributed by atoms with E-state index in [1.165, 1.54) is 6.92 Å². The van der Waals surface area contributed by atoms with Crippen molar-refractivity contribution in [2.75, 3.05) is 5.75 Å². The van der Waals surface area contributed by atoms with Crippen LogP contribution in [0.15, 0.2) is 0 Å². The molecule has 0 aromatic heterocycles. The first-order valence-corrected chi connectivity index (χ1v) is 4.51. The highest BCUT2D eigenvalue weighted by molar-refractivity contribution is 7.79. The second-order valence-electron chi connectivity index (χ2n) is 2.69. The van der Waals surface area contributed by atoms with E-state index in [1.54, 1.807) is 6.92 Å². The van der Waals surface area contributed by atoms with Gasteiger partial charge >= 0.3 is 5.97 Å². The second kappa shape index (κ2) is 3.82. The average molecular weight is 180 g/mol. The van der Waals surface area contributed by atoms with Crippen LogP contribution in [-0.2, 0) is 15.9 Å². The Hall–Kier alpha value is -0.420. The zero-order valence-corrected chi connectivity index (χ0v) is 7.35. The molecule has 5 heteroatoms. The van der Waals surface area contributed by atoms with E-state index in [0.717, 1.165) is 0 Å². The van der Waals surface area contributed by atoms with Gasteiger partial charge in [0.05, 0.1) is 11.2 Å². The number of aliphatic carboxylic acids is 1. The van der Waals surface area contributed by atoms with Gasteiger partial charge in [0.15, 0.2) is 11.1 Å². The zero-order chi connectivity index (χ0) is 9.07. The van der Waals surface area contributed by atoms with Crippen molar-refractivity contribution in [3.63, 3.8) is 0 Å². The molecule has 0 spiro atoms. The largest absolute Gasteiger partial charge is 0.481 e. The fourth-order valence-electron chi connectivity index (χ4n) is 0.588. The van der Waals surface area contributed by atoms with Crippen LogP contribution < -0.4 is 0 Å². The van der Waals surface area contributed by atoms with Crippen LogP contribution in [0.25, 0.3) is 0 Å². The molecule has 0 aliphatic rings. The van der Waals surface area contributed by atoms with Crippen LogP contribution in [0.5, 0.6) is 0 Å². The number of carboxylic acids is 1. The van der Waals surface area contributed by atoms with E-state index in [9.17, 15) is 9.00 Å². The molecular formula is C6H12O4S. The fraction of sp³-hybridized carbons (Fsp3) is 0.833. The van der Waals surface area contributed by atoms with E-state index >= 15 is 0 Å². The first-order chi connectivity index (χ1) is 4.92. The lowest BCUT2D eigenvalue weighted by atomic mass is 9.90. The smallest absolute Gasteiger partial charge is 0.310 e. The quantitative estimate of drug-likeness (QED) is 0.625. The molecule has 0 saturated heterocycles. The molecule has 2 N–H and O–H groups in total. The van der Waals surface area contributed by atoms with Gasteiger partial charge in [0, 0.05) is 0 Å². The first-order valence-electron chi connectivity index (χ1n) is 3.23. The molecule has 0 fully saturated rings. The van der Waals surface area contributed by atoms with Crippen molar-refractivity contribution in [3.05, 3.63) is 0 Å².